The molecule has 1 heterocycles. The SMILES string of the molecule is CCOc1cc(/C=N\NC(=O)Cn2nnc3ccccc32)cc(Cl)c1OC. The summed E-state index contributed by atoms with van der Waals surface area (Å²) in [6.45, 7) is 2.34. The molecule has 0 radical (unpaired) electrons. The zero-order chi connectivity index (χ0) is 19.2. The highest BCUT2D eigenvalue weighted by Gasteiger charge is 2.11. The van der Waals surface area contributed by atoms with Crippen LogP contribution in [0.3, 0.4) is 0 Å². The summed E-state index contributed by atoms with van der Waals surface area (Å²) in [5.41, 5.74) is 4.63. The number of aromatic nitrogens is 3. The third kappa shape index (κ3) is 4.35. The van der Waals surface area contributed by atoms with Crippen LogP contribution in [0.15, 0.2) is 41.5 Å². The van der Waals surface area contributed by atoms with Gasteiger partial charge in [-0.05, 0) is 36.8 Å². The Balaban J connectivity index is 1.67. The second kappa shape index (κ2) is 8.50. The van der Waals surface area contributed by atoms with Gasteiger partial charge < -0.3 is 9.47 Å². The van der Waals surface area contributed by atoms with Crippen molar-refractivity contribution in [1.29, 1.82) is 0 Å². The Hall–Kier alpha value is -3.13. The molecule has 0 saturated carbocycles. The van der Waals surface area contributed by atoms with E-state index in [0.717, 1.165) is 11.0 Å². The zero-order valence-corrected chi connectivity index (χ0v) is 15.6. The molecule has 3 rings (SSSR count). The number of hydrogen-bond donors (Lipinski definition) is 1. The quantitative estimate of drug-likeness (QED) is 0.497. The van der Waals surface area contributed by atoms with Gasteiger partial charge in [-0.3, -0.25) is 4.79 Å². The van der Waals surface area contributed by atoms with Crippen LogP contribution >= 0.6 is 11.6 Å². The number of para-hydroxylation sites is 1. The molecule has 0 aliphatic rings. The summed E-state index contributed by atoms with van der Waals surface area (Å²) in [5, 5.41) is 12.3. The first-order chi connectivity index (χ1) is 13.1. The van der Waals surface area contributed by atoms with Crippen molar-refractivity contribution in [1.82, 2.24) is 20.4 Å². The number of hydrazone groups is 1. The Morgan fingerprint density at radius 1 is 1.37 bits per heavy atom. The van der Waals surface area contributed by atoms with Crippen LogP contribution in [-0.4, -0.2) is 40.8 Å². The molecule has 0 fully saturated rings. The average molecular weight is 388 g/mol. The molecule has 0 unspecified atom stereocenters. The van der Waals surface area contributed by atoms with E-state index in [-0.39, 0.29) is 12.5 Å². The lowest BCUT2D eigenvalue weighted by molar-refractivity contribution is -0.121. The van der Waals surface area contributed by atoms with Crippen LogP contribution in [0.1, 0.15) is 12.5 Å². The van der Waals surface area contributed by atoms with Gasteiger partial charge in [-0.2, -0.15) is 5.10 Å². The molecule has 0 aliphatic heterocycles. The maximum Gasteiger partial charge on any atom is 0.261 e. The predicted molar refractivity (Wildman–Crippen MR) is 102 cm³/mol. The largest absolute Gasteiger partial charge is 0.491 e. The summed E-state index contributed by atoms with van der Waals surface area (Å²) < 4.78 is 12.3. The number of hydrogen-bond acceptors (Lipinski definition) is 6. The molecule has 2 aromatic carbocycles. The molecule has 27 heavy (non-hydrogen) atoms. The van der Waals surface area contributed by atoms with Crippen LogP contribution in [0.25, 0.3) is 11.0 Å². The van der Waals surface area contributed by atoms with Gasteiger partial charge in [0.1, 0.15) is 12.1 Å². The van der Waals surface area contributed by atoms with Gasteiger partial charge >= 0.3 is 0 Å². The van der Waals surface area contributed by atoms with Crippen LogP contribution in [0.5, 0.6) is 11.5 Å². The van der Waals surface area contributed by atoms with Gasteiger partial charge in [0.2, 0.25) is 0 Å². The van der Waals surface area contributed by atoms with Crippen molar-refractivity contribution in [2.75, 3.05) is 13.7 Å². The average Bonchev–Trinajstić information content (AvgIpc) is 3.05. The molecule has 3 aromatic rings. The summed E-state index contributed by atoms with van der Waals surface area (Å²) in [7, 11) is 1.52. The fraction of sp³-hybridized carbons (Fsp3) is 0.222. The highest BCUT2D eigenvalue weighted by molar-refractivity contribution is 6.32. The number of nitrogens with one attached hydrogen (secondary N) is 1. The summed E-state index contributed by atoms with van der Waals surface area (Å²) in [4.78, 5) is 12.1. The highest BCUT2D eigenvalue weighted by Crippen LogP contribution is 2.35. The summed E-state index contributed by atoms with van der Waals surface area (Å²) in [6, 6.07) is 10.8. The van der Waals surface area contributed by atoms with E-state index in [1.807, 2.05) is 31.2 Å². The number of halogens is 1. The van der Waals surface area contributed by atoms with Gasteiger partial charge in [0.15, 0.2) is 11.5 Å². The minimum Gasteiger partial charge on any atom is -0.491 e. The first kappa shape index (κ1) is 18.7. The maximum absolute atomic E-state index is 12.1. The standard InChI is InChI=1S/C18H18ClN5O3/c1-3-27-16-9-12(8-13(19)18(16)26-2)10-20-22-17(25)11-24-15-7-5-4-6-14(15)21-23-24/h4-10H,3,11H2,1-2H3,(H,22,25)/b20-10-. The molecule has 0 bridgehead atoms. The van der Waals surface area contributed by atoms with Gasteiger partial charge in [0.05, 0.1) is 30.5 Å². The highest BCUT2D eigenvalue weighted by atomic mass is 35.5. The van der Waals surface area contributed by atoms with E-state index in [0.29, 0.717) is 28.7 Å². The molecule has 140 valence electrons. The van der Waals surface area contributed by atoms with Crippen molar-refractivity contribution < 1.29 is 14.3 Å². The number of fused-ring (bicyclic) bond motifs is 1. The normalized spacial score (nSPS) is 11.1. The minimum atomic E-state index is -0.327. The van der Waals surface area contributed by atoms with Gasteiger partial charge in [0.25, 0.3) is 5.91 Å². The summed E-state index contributed by atoms with van der Waals surface area (Å²) in [5.74, 6) is 0.638. The summed E-state index contributed by atoms with van der Waals surface area (Å²) in [6.07, 6.45) is 1.48. The zero-order valence-electron chi connectivity index (χ0n) is 14.8. The second-order valence-corrected chi connectivity index (χ2v) is 5.90. The molecule has 0 atom stereocenters. The van der Waals surface area contributed by atoms with Crippen LogP contribution < -0.4 is 14.9 Å². The van der Waals surface area contributed by atoms with Crippen molar-refractivity contribution in [3.05, 3.63) is 47.0 Å². The van der Waals surface area contributed by atoms with Crippen molar-refractivity contribution in [3.8, 4) is 11.5 Å². The van der Waals surface area contributed by atoms with Crippen molar-refractivity contribution >= 4 is 34.8 Å². The fourth-order valence-corrected chi connectivity index (χ4v) is 2.80. The smallest absolute Gasteiger partial charge is 0.261 e. The first-order valence-electron chi connectivity index (χ1n) is 8.22. The Bertz CT molecular complexity index is 986. The molecule has 1 amide bonds. The van der Waals surface area contributed by atoms with Crippen LogP contribution in [0.2, 0.25) is 5.02 Å². The van der Waals surface area contributed by atoms with Gasteiger partial charge in [-0.25, -0.2) is 10.1 Å². The van der Waals surface area contributed by atoms with Crippen LogP contribution in [-0.2, 0) is 11.3 Å². The lowest BCUT2D eigenvalue weighted by atomic mass is 10.2. The molecular formula is C18H18ClN5O3. The van der Waals surface area contributed by atoms with Gasteiger partial charge in [-0.15, -0.1) is 5.10 Å². The first-order valence-corrected chi connectivity index (χ1v) is 8.60. The van der Waals surface area contributed by atoms with Crippen molar-refractivity contribution in [3.63, 3.8) is 0 Å². The Morgan fingerprint density at radius 3 is 2.96 bits per heavy atom. The number of rotatable bonds is 7. The maximum atomic E-state index is 12.1. The molecule has 0 saturated heterocycles. The molecule has 9 heteroatoms. The molecular weight excluding hydrogens is 370 g/mol. The summed E-state index contributed by atoms with van der Waals surface area (Å²) >= 11 is 6.19. The molecule has 0 spiro atoms. The van der Waals surface area contributed by atoms with E-state index in [1.54, 1.807) is 12.1 Å². The molecule has 8 nitrogen and oxygen atoms in total. The fourth-order valence-electron chi connectivity index (χ4n) is 2.51. The van der Waals surface area contributed by atoms with E-state index in [9.17, 15) is 4.79 Å². The molecule has 1 aromatic heterocycles. The van der Waals surface area contributed by atoms with Gasteiger partial charge in [0, 0.05) is 0 Å². The van der Waals surface area contributed by atoms with E-state index in [2.05, 4.69) is 20.8 Å². The molecule has 1 N–H and O–H groups in total. The lowest BCUT2D eigenvalue weighted by Crippen LogP contribution is -2.23. The van der Waals surface area contributed by atoms with Crippen molar-refractivity contribution in [2.24, 2.45) is 5.10 Å². The van der Waals surface area contributed by atoms with Crippen LogP contribution in [0.4, 0.5) is 0 Å². The van der Waals surface area contributed by atoms with E-state index >= 15 is 0 Å². The number of amides is 1. The Kier molecular flexibility index (Phi) is 5.87. The predicted octanol–water partition coefficient (Wildman–Crippen LogP) is 2.64. The van der Waals surface area contributed by atoms with E-state index in [4.69, 9.17) is 21.1 Å². The van der Waals surface area contributed by atoms with Crippen molar-refractivity contribution in [2.45, 2.75) is 13.5 Å². The number of methoxy groups -OCH3 is 1. The third-order valence-corrected chi connectivity index (χ3v) is 3.93. The lowest BCUT2D eigenvalue weighted by Gasteiger charge is -2.11. The number of benzene rings is 2. The number of carbonyl (C=O) groups is 1. The van der Waals surface area contributed by atoms with Gasteiger partial charge in [-0.1, -0.05) is 28.9 Å². The Labute approximate surface area is 160 Å². The number of nitrogens with zero attached hydrogens (tertiary/aromatic N) is 4. The number of carbonyl (C=O) groups excluding carboxylic acids is 1. The monoisotopic (exact) mass is 387 g/mol. The third-order valence-electron chi connectivity index (χ3n) is 3.65. The van der Waals surface area contributed by atoms with E-state index < -0.39 is 0 Å². The topological polar surface area (TPSA) is 90.6 Å². The second-order valence-electron chi connectivity index (χ2n) is 5.50. The molecule has 0 aliphatic carbocycles. The minimum absolute atomic E-state index is 0.00537. The van der Waals surface area contributed by atoms with E-state index in [1.165, 1.54) is 18.0 Å². The number of ether oxygens (including phenoxy) is 2. The Morgan fingerprint density at radius 2 is 2.19 bits per heavy atom. The van der Waals surface area contributed by atoms with Crippen LogP contribution in [0, 0.1) is 0 Å².